The Morgan fingerprint density at radius 3 is 2.09 bits per heavy atom. The second-order valence-corrected chi connectivity index (χ2v) is 9.37. The third kappa shape index (κ3) is 9.60. The van der Waals surface area contributed by atoms with Gasteiger partial charge < -0.3 is 9.47 Å². The van der Waals surface area contributed by atoms with Crippen LogP contribution in [-0.4, -0.2) is 19.2 Å². The molecule has 6 heteroatoms. The fraction of sp³-hybridized carbons (Fsp3) is 0.276. The zero-order valence-corrected chi connectivity index (χ0v) is 21.1. The summed E-state index contributed by atoms with van der Waals surface area (Å²) in [5.41, 5.74) is 2.92. The Hall–Kier alpha value is -3.69. The largest absolute Gasteiger partial charge is 0.494 e. The van der Waals surface area contributed by atoms with Gasteiger partial charge in [-0.05, 0) is 100 Å². The quantitative estimate of drug-likeness (QED) is 0.0909. The predicted molar refractivity (Wildman–Crippen MR) is 142 cm³/mol. The molecule has 35 heavy (non-hydrogen) atoms. The van der Waals surface area contributed by atoms with E-state index in [-0.39, 0.29) is 5.97 Å². The number of azo groups is 1. The lowest BCUT2D eigenvalue weighted by Gasteiger charge is -2.07. The molecule has 0 aliphatic rings. The van der Waals surface area contributed by atoms with Crippen LogP contribution in [0.15, 0.2) is 83.0 Å². The Kier molecular flexibility index (Phi) is 10.3. The number of unbranched alkanes of at least 4 members (excludes halogenated alkanes) is 3. The van der Waals surface area contributed by atoms with Crippen LogP contribution in [0.25, 0.3) is 0 Å². The Morgan fingerprint density at radius 2 is 1.49 bits per heavy atom. The van der Waals surface area contributed by atoms with Crippen molar-refractivity contribution < 1.29 is 14.3 Å². The minimum Gasteiger partial charge on any atom is -0.494 e. The first-order valence-electron chi connectivity index (χ1n) is 11.7. The van der Waals surface area contributed by atoms with Crippen LogP contribution >= 0.6 is 11.3 Å². The topological polar surface area (TPSA) is 60.2 Å². The minimum absolute atomic E-state index is 0.320. The zero-order chi connectivity index (χ0) is 24.9. The maximum absolute atomic E-state index is 11.3. The second kappa shape index (κ2) is 13.9. The first-order chi connectivity index (χ1) is 17.0. The smallest absolute Gasteiger partial charge is 0.333 e. The maximum atomic E-state index is 11.3. The minimum atomic E-state index is -0.320. The molecule has 0 saturated carbocycles. The van der Waals surface area contributed by atoms with E-state index in [1.165, 1.54) is 4.88 Å². The average Bonchev–Trinajstić information content (AvgIpc) is 3.29. The monoisotopic (exact) mass is 486 g/mol. The molecule has 1 aromatic heterocycles. The number of nitrogens with zero attached hydrogens (tertiary/aromatic N) is 2. The number of rotatable bonds is 11. The van der Waals surface area contributed by atoms with Gasteiger partial charge in [0.2, 0.25) is 0 Å². The third-order valence-corrected chi connectivity index (χ3v) is 5.86. The van der Waals surface area contributed by atoms with Crippen molar-refractivity contribution in [2.24, 2.45) is 10.2 Å². The molecule has 0 bridgehead atoms. The molecule has 0 N–H and O–H groups in total. The highest BCUT2D eigenvalue weighted by Crippen LogP contribution is 2.22. The predicted octanol–water partition coefficient (Wildman–Crippen LogP) is 7.93. The molecule has 0 atom stereocenters. The first kappa shape index (κ1) is 25.9. The summed E-state index contributed by atoms with van der Waals surface area (Å²) in [6.07, 6.45) is 3.82. The molecule has 0 aliphatic heterocycles. The van der Waals surface area contributed by atoms with Crippen LogP contribution in [-0.2, 0) is 9.53 Å². The number of thiophene rings is 1. The molecule has 0 aliphatic carbocycles. The van der Waals surface area contributed by atoms with Crippen LogP contribution in [0.3, 0.4) is 0 Å². The molecule has 0 fully saturated rings. The third-order valence-electron chi connectivity index (χ3n) is 4.94. The van der Waals surface area contributed by atoms with Crippen molar-refractivity contribution in [3.8, 4) is 17.6 Å². The molecule has 2 aromatic carbocycles. The molecule has 3 aromatic rings. The van der Waals surface area contributed by atoms with E-state index in [1.54, 1.807) is 18.3 Å². The van der Waals surface area contributed by atoms with Crippen LogP contribution in [0.4, 0.5) is 11.4 Å². The van der Waals surface area contributed by atoms with Crippen LogP contribution in [0.2, 0.25) is 0 Å². The summed E-state index contributed by atoms with van der Waals surface area (Å²) in [5.74, 6) is 6.85. The van der Waals surface area contributed by atoms with Gasteiger partial charge in [0.25, 0.3) is 0 Å². The molecule has 0 amide bonds. The number of hydrogen-bond donors (Lipinski definition) is 0. The number of carbonyl (C=O) groups excluding carboxylic acids is 1. The van der Waals surface area contributed by atoms with E-state index in [0.29, 0.717) is 18.8 Å². The molecule has 0 spiro atoms. The summed E-state index contributed by atoms with van der Waals surface area (Å²) in [7, 11) is 0. The van der Waals surface area contributed by atoms with Gasteiger partial charge >= 0.3 is 5.97 Å². The van der Waals surface area contributed by atoms with Crippen molar-refractivity contribution >= 4 is 28.7 Å². The Morgan fingerprint density at radius 1 is 0.857 bits per heavy atom. The molecular weight excluding hydrogens is 456 g/mol. The number of hydrogen-bond acceptors (Lipinski definition) is 6. The van der Waals surface area contributed by atoms with Crippen LogP contribution < -0.4 is 4.74 Å². The van der Waals surface area contributed by atoms with E-state index in [4.69, 9.17) is 9.47 Å². The Balaban J connectivity index is 1.35. The van der Waals surface area contributed by atoms with Crippen molar-refractivity contribution in [2.75, 3.05) is 13.2 Å². The summed E-state index contributed by atoms with van der Waals surface area (Å²) in [6.45, 7) is 8.38. The summed E-state index contributed by atoms with van der Waals surface area (Å²) in [5, 5.41) is 8.60. The normalized spacial score (nSPS) is 10.6. The molecule has 0 radical (unpaired) electrons. The van der Waals surface area contributed by atoms with Gasteiger partial charge in [0.15, 0.2) is 0 Å². The van der Waals surface area contributed by atoms with Crippen molar-refractivity contribution in [3.63, 3.8) is 0 Å². The standard InChI is InChI=1S/C29H30N2O3S/c1-22(2)29(32)34-21-7-5-4-6-20-33-27-16-14-26(15-17-27)31-30-25-12-9-24(10-13-25)11-19-28-18-8-23(3)35-28/h8-10,12-18H,1,4-7,20-21H2,2-3H3. The van der Waals surface area contributed by atoms with Gasteiger partial charge in [0.1, 0.15) is 5.75 Å². The van der Waals surface area contributed by atoms with Gasteiger partial charge in [-0.1, -0.05) is 18.4 Å². The molecule has 0 saturated heterocycles. The van der Waals surface area contributed by atoms with Crippen molar-refractivity contribution in [3.05, 3.63) is 88.1 Å². The van der Waals surface area contributed by atoms with Gasteiger partial charge in [-0.3, -0.25) is 0 Å². The molecule has 5 nitrogen and oxygen atoms in total. The van der Waals surface area contributed by atoms with Gasteiger partial charge in [-0.15, -0.1) is 11.3 Å². The number of carbonyl (C=O) groups is 1. The Labute approximate surface area is 211 Å². The highest BCUT2D eigenvalue weighted by atomic mass is 32.1. The van der Waals surface area contributed by atoms with Gasteiger partial charge in [0.05, 0.1) is 29.5 Å². The van der Waals surface area contributed by atoms with Crippen LogP contribution in [0.5, 0.6) is 5.75 Å². The molecule has 1 heterocycles. The number of benzene rings is 2. The summed E-state index contributed by atoms with van der Waals surface area (Å²) in [4.78, 5) is 13.6. The lowest BCUT2D eigenvalue weighted by atomic mass is 10.2. The fourth-order valence-electron chi connectivity index (χ4n) is 3.01. The van der Waals surface area contributed by atoms with Gasteiger partial charge in [0, 0.05) is 16.0 Å². The first-order valence-corrected chi connectivity index (χ1v) is 12.5. The molecular formula is C29H30N2O3S. The van der Waals surface area contributed by atoms with E-state index in [9.17, 15) is 4.79 Å². The average molecular weight is 487 g/mol. The second-order valence-electron chi connectivity index (χ2n) is 8.08. The van der Waals surface area contributed by atoms with E-state index in [0.717, 1.165) is 53.2 Å². The highest BCUT2D eigenvalue weighted by molar-refractivity contribution is 7.12. The van der Waals surface area contributed by atoms with E-state index in [1.807, 2.05) is 54.6 Å². The van der Waals surface area contributed by atoms with E-state index < -0.39 is 0 Å². The number of ether oxygens (including phenoxy) is 2. The molecule has 180 valence electrons. The summed E-state index contributed by atoms with van der Waals surface area (Å²) < 4.78 is 10.9. The zero-order valence-electron chi connectivity index (χ0n) is 20.3. The van der Waals surface area contributed by atoms with Gasteiger partial charge in [-0.2, -0.15) is 10.2 Å². The molecule has 3 rings (SSSR count). The van der Waals surface area contributed by atoms with E-state index in [2.05, 4.69) is 41.6 Å². The summed E-state index contributed by atoms with van der Waals surface area (Å²) in [6, 6.07) is 19.4. The number of esters is 1. The van der Waals surface area contributed by atoms with Crippen LogP contribution in [0, 0.1) is 18.8 Å². The van der Waals surface area contributed by atoms with Crippen molar-refractivity contribution in [1.82, 2.24) is 0 Å². The lowest BCUT2D eigenvalue weighted by molar-refractivity contribution is -0.139. The maximum Gasteiger partial charge on any atom is 0.333 e. The van der Waals surface area contributed by atoms with E-state index >= 15 is 0 Å². The number of aryl methyl sites for hydroxylation is 1. The van der Waals surface area contributed by atoms with Crippen molar-refractivity contribution in [1.29, 1.82) is 0 Å². The van der Waals surface area contributed by atoms with Gasteiger partial charge in [-0.25, -0.2) is 4.79 Å². The Bertz CT molecular complexity index is 1200. The SMILES string of the molecule is C=C(C)C(=O)OCCCCCCOc1ccc(N=Nc2ccc(C#Cc3ccc(C)s3)cc2)cc1. The van der Waals surface area contributed by atoms with Crippen molar-refractivity contribution in [2.45, 2.75) is 39.5 Å². The summed E-state index contributed by atoms with van der Waals surface area (Å²) >= 11 is 1.70. The fourth-order valence-corrected chi connectivity index (χ4v) is 3.73. The lowest BCUT2D eigenvalue weighted by Crippen LogP contribution is -2.06. The molecule has 0 unspecified atom stereocenters. The highest BCUT2D eigenvalue weighted by Gasteiger charge is 2.02. The van der Waals surface area contributed by atoms with Crippen LogP contribution in [0.1, 0.15) is 47.9 Å².